The summed E-state index contributed by atoms with van der Waals surface area (Å²) >= 11 is 0. The first-order valence-electron chi connectivity index (χ1n) is 6.45. The second-order valence-electron chi connectivity index (χ2n) is 5.38. The van der Waals surface area contributed by atoms with E-state index in [0.29, 0.717) is 0 Å². The number of ether oxygens (including phenoxy) is 1. The topological polar surface area (TPSA) is 41.5 Å². The van der Waals surface area contributed by atoms with Crippen LogP contribution in [0.4, 0.5) is 0 Å². The van der Waals surface area contributed by atoms with Gasteiger partial charge in [-0.25, -0.2) is 0 Å². The summed E-state index contributed by atoms with van der Waals surface area (Å²) in [6, 6.07) is 10.3. The molecule has 1 unspecified atom stereocenters. The minimum absolute atomic E-state index is 0.0196. The van der Waals surface area contributed by atoms with Gasteiger partial charge in [-0.2, -0.15) is 0 Å². The molecule has 0 spiro atoms. The SMILES string of the molecule is COC(C)(C)CC(C)N[C@@H](CO)c1ccccc1. The van der Waals surface area contributed by atoms with E-state index in [2.05, 4.69) is 26.1 Å². The van der Waals surface area contributed by atoms with Gasteiger partial charge in [-0.3, -0.25) is 0 Å². The Balaban J connectivity index is 2.59. The van der Waals surface area contributed by atoms with E-state index in [0.717, 1.165) is 12.0 Å². The average molecular weight is 251 g/mol. The van der Waals surface area contributed by atoms with Gasteiger partial charge in [0.2, 0.25) is 0 Å². The van der Waals surface area contributed by atoms with Crippen molar-refractivity contribution in [2.24, 2.45) is 0 Å². The highest BCUT2D eigenvalue weighted by molar-refractivity contribution is 5.19. The van der Waals surface area contributed by atoms with Crippen LogP contribution in [0.3, 0.4) is 0 Å². The molecule has 2 N–H and O–H groups in total. The molecule has 0 amide bonds. The minimum Gasteiger partial charge on any atom is -0.394 e. The van der Waals surface area contributed by atoms with Gasteiger partial charge in [0, 0.05) is 13.2 Å². The Kier molecular flexibility index (Phi) is 5.79. The summed E-state index contributed by atoms with van der Waals surface area (Å²) in [6.07, 6.45) is 0.896. The Morgan fingerprint density at radius 3 is 2.39 bits per heavy atom. The molecule has 0 bridgehead atoms. The first-order chi connectivity index (χ1) is 8.48. The normalized spacial score (nSPS) is 15.4. The minimum atomic E-state index is -0.150. The Labute approximate surface area is 110 Å². The highest BCUT2D eigenvalue weighted by atomic mass is 16.5. The zero-order chi connectivity index (χ0) is 13.6. The third-order valence-electron chi connectivity index (χ3n) is 3.22. The molecule has 0 saturated carbocycles. The van der Waals surface area contributed by atoms with Gasteiger partial charge in [0.15, 0.2) is 0 Å². The lowest BCUT2D eigenvalue weighted by atomic mass is 9.98. The van der Waals surface area contributed by atoms with Gasteiger partial charge >= 0.3 is 0 Å². The van der Waals surface area contributed by atoms with Gasteiger partial charge in [0.05, 0.1) is 18.2 Å². The predicted octanol–water partition coefficient (Wildman–Crippen LogP) is 2.51. The van der Waals surface area contributed by atoms with Crippen molar-refractivity contribution in [2.45, 2.75) is 44.9 Å². The summed E-state index contributed by atoms with van der Waals surface area (Å²) in [5.41, 5.74) is 0.963. The molecule has 0 saturated heterocycles. The van der Waals surface area contributed by atoms with Gasteiger partial charge in [-0.15, -0.1) is 0 Å². The van der Waals surface area contributed by atoms with Crippen molar-refractivity contribution in [3.63, 3.8) is 0 Å². The molecule has 0 fully saturated rings. The molecule has 1 aromatic carbocycles. The fourth-order valence-corrected chi connectivity index (χ4v) is 2.16. The number of hydrogen-bond donors (Lipinski definition) is 2. The molecule has 0 heterocycles. The molecule has 1 rings (SSSR count). The molecule has 3 nitrogen and oxygen atoms in total. The smallest absolute Gasteiger partial charge is 0.0637 e. The van der Waals surface area contributed by atoms with Gasteiger partial charge in [0.1, 0.15) is 0 Å². The monoisotopic (exact) mass is 251 g/mol. The summed E-state index contributed by atoms with van der Waals surface area (Å²) in [4.78, 5) is 0. The average Bonchev–Trinajstić information content (AvgIpc) is 2.36. The summed E-state index contributed by atoms with van der Waals surface area (Å²) in [5.74, 6) is 0. The van der Waals surface area contributed by atoms with Crippen LogP contribution in [0, 0.1) is 0 Å². The number of methoxy groups -OCH3 is 1. The number of rotatable bonds is 7. The number of aliphatic hydroxyl groups is 1. The molecule has 102 valence electrons. The number of hydrogen-bond acceptors (Lipinski definition) is 3. The Bertz CT molecular complexity index is 338. The van der Waals surface area contributed by atoms with E-state index in [1.807, 2.05) is 30.3 Å². The zero-order valence-electron chi connectivity index (χ0n) is 11.8. The molecule has 1 aromatic rings. The van der Waals surface area contributed by atoms with E-state index >= 15 is 0 Å². The van der Waals surface area contributed by atoms with Crippen molar-refractivity contribution >= 4 is 0 Å². The maximum atomic E-state index is 9.49. The van der Waals surface area contributed by atoms with Crippen molar-refractivity contribution in [3.8, 4) is 0 Å². The van der Waals surface area contributed by atoms with Crippen LogP contribution in [0.1, 0.15) is 38.8 Å². The van der Waals surface area contributed by atoms with E-state index in [-0.39, 0.29) is 24.3 Å². The number of nitrogens with one attached hydrogen (secondary N) is 1. The molecule has 2 atom stereocenters. The second-order valence-corrected chi connectivity index (χ2v) is 5.38. The second kappa shape index (κ2) is 6.88. The van der Waals surface area contributed by atoms with Crippen LogP contribution in [-0.2, 0) is 4.74 Å². The van der Waals surface area contributed by atoms with E-state index in [1.54, 1.807) is 7.11 Å². The fourth-order valence-electron chi connectivity index (χ4n) is 2.16. The maximum absolute atomic E-state index is 9.49. The van der Waals surface area contributed by atoms with Crippen LogP contribution >= 0.6 is 0 Å². The summed E-state index contributed by atoms with van der Waals surface area (Å²) in [7, 11) is 1.73. The lowest BCUT2D eigenvalue weighted by Gasteiger charge is -2.29. The van der Waals surface area contributed by atoms with Crippen molar-refractivity contribution in [1.29, 1.82) is 0 Å². The standard InChI is InChI=1S/C15H25NO2/c1-12(10-15(2,3)18-4)16-14(11-17)13-8-6-5-7-9-13/h5-9,12,14,16-17H,10-11H2,1-4H3/t12?,14-/m0/s1. The predicted molar refractivity (Wildman–Crippen MR) is 74.6 cm³/mol. The van der Waals surface area contributed by atoms with Crippen LogP contribution in [-0.4, -0.2) is 30.5 Å². The first-order valence-corrected chi connectivity index (χ1v) is 6.45. The quantitative estimate of drug-likeness (QED) is 0.782. The molecule has 0 radical (unpaired) electrons. The molecule has 18 heavy (non-hydrogen) atoms. The number of benzene rings is 1. The molecular weight excluding hydrogens is 226 g/mol. The third-order valence-corrected chi connectivity index (χ3v) is 3.22. The van der Waals surface area contributed by atoms with Crippen molar-refractivity contribution in [2.75, 3.05) is 13.7 Å². The summed E-state index contributed by atoms with van der Waals surface area (Å²) in [6.45, 7) is 6.36. The molecular formula is C15H25NO2. The van der Waals surface area contributed by atoms with Gasteiger partial charge < -0.3 is 15.2 Å². The molecule has 0 aliphatic heterocycles. The van der Waals surface area contributed by atoms with Crippen LogP contribution in [0.5, 0.6) is 0 Å². The van der Waals surface area contributed by atoms with Crippen LogP contribution in [0.2, 0.25) is 0 Å². The van der Waals surface area contributed by atoms with Crippen LogP contribution in [0.15, 0.2) is 30.3 Å². The third kappa shape index (κ3) is 4.77. The highest BCUT2D eigenvalue weighted by Crippen LogP contribution is 2.18. The number of aliphatic hydroxyl groups excluding tert-OH is 1. The molecule has 0 aliphatic rings. The van der Waals surface area contributed by atoms with Crippen molar-refractivity contribution < 1.29 is 9.84 Å². The Hall–Kier alpha value is -0.900. The summed E-state index contributed by atoms with van der Waals surface area (Å²) in [5, 5.41) is 12.9. The maximum Gasteiger partial charge on any atom is 0.0637 e. The Morgan fingerprint density at radius 1 is 1.28 bits per heavy atom. The fraction of sp³-hybridized carbons (Fsp3) is 0.600. The molecule has 0 aliphatic carbocycles. The first kappa shape index (κ1) is 15.2. The van der Waals surface area contributed by atoms with Crippen molar-refractivity contribution in [1.82, 2.24) is 5.32 Å². The van der Waals surface area contributed by atoms with Gasteiger partial charge in [-0.1, -0.05) is 30.3 Å². The van der Waals surface area contributed by atoms with E-state index in [4.69, 9.17) is 4.74 Å². The largest absolute Gasteiger partial charge is 0.394 e. The molecule has 0 aromatic heterocycles. The summed E-state index contributed by atoms with van der Waals surface area (Å²) < 4.78 is 5.43. The van der Waals surface area contributed by atoms with Crippen LogP contribution < -0.4 is 5.32 Å². The lowest BCUT2D eigenvalue weighted by molar-refractivity contribution is 0.00695. The zero-order valence-corrected chi connectivity index (χ0v) is 11.8. The van der Waals surface area contributed by atoms with E-state index in [1.165, 1.54) is 0 Å². The van der Waals surface area contributed by atoms with Crippen LogP contribution in [0.25, 0.3) is 0 Å². The van der Waals surface area contributed by atoms with E-state index < -0.39 is 0 Å². The molecule has 3 heteroatoms. The van der Waals surface area contributed by atoms with Gasteiger partial charge in [0.25, 0.3) is 0 Å². The highest BCUT2D eigenvalue weighted by Gasteiger charge is 2.22. The lowest BCUT2D eigenvalue weighted by Crippen LogP contribution is -2.38. The Morgan fingerprint density at radius 2 is 1.89 bits per heavy atom. The van der Waals surface area contributed by atoms with E-state index in [9.17, 15) is 5.11 Å². The van der Waals surface area contributed by atoms with Gasteiger partial charge in [-0.05, 0) is 32.8 Å². The van der Waals surface area contributed by atoms with Crippen molar-refractivity contribution in [3.05, 3.63) is 35.9 Å².